The largest absolute Gasteiger partial charge is 0.497 e. The van der Waals surface area contributed by atoms with Crippen LogP contribution in [0.5, 0.6) is 5.75 Å². The molecule has 2 aromatic heterocycles. The number of para-hydroxylation sites is 1. The molecule has 4 aromatic rings. The van der Waals surface area contributed by atoms with Gasteiger partial charge >= 0.3 is 0 Å². The first-order valence-corrected chi connectivity index (χ1v) is 12.0. The van der Waals surface area contributed by atoms with Gasteiger partial charge in [0, 0.05) is 69.7 Å². The normalized spacial score (nSPS) is 9.74. The van der Waals surface area contributed by atoms with Crippen LogP contribution in [-0.4, -0.2) is 41.5 Å². The molecule has 38 heavy (non-hydrogen) atoms. The molecule has 202 valence electrons. The first-order chi connectivity index (χ1) is 17.6. The standard InChI is InChI=1S/C18H15N3O5S.C5H5N.C2H4O2.Pd/c1-26-14-10-11-19-18(12-14)16-4-2-3-5-17(16)20-27(24,25)15-8-6-13(7-9-15)21(22)23;1-2-4-6-5-3-1;1-2(3)4;/h2-12,20H,1H3;1-5H;1H3,(H,3,4);. The Labute approximate surface area is 233 Å². The topological polar surface area (TPSA) is 162 Å². The minimum atomic E-state index is -3.93. The van der Waals surface area contributed by atoms with Crippen molar-refractivity contribution in [2.75, 3.05) is 11.8 Å². The average Bonchev–Trinajstić information content (AvgIpc) is 2.90. The number of ether oxygens (including phenoxy) is 1. The molecule has 13 heteroatoms. The molecule has 0 bridgehead atoms. The minimum Gasteiger partial charge on any atom is -0.497 e. The van der Waals surface area contributed by atoms with Gasteiger partial charge in [-0.3, -0.25) is 29.6 Å². The number of carboxylic acids is 1. The van der Waals surface area contributed by atoms with Crippen molar-refractivity contribution in [1.82, 2.24) is 9.97 Å². The molecular weight excluding hydrogens is 607 g/mol. The number of methoxy groups -OCH3 is 1. The molecule has 0 saturated heterocycles. The van der Waals surface area contributed by atoms with E-state index in [0.717, 1.165) is 19.1 Å². The quantitative estimate of drug-likeness (QED) is 0.176. The van der Waals surface area contributed by atoms with Crippen molar-refractivity contribution < 1.29 is 48.4 Å². The number of aromatic nitrogens is 2. The van der Waals surface area contributed by atoms with Gasteiger partial charge in [-0.05, 0) is 36.4 Å². The second kappa shape index (κ2) is 15.8. The number of hydrogen-bond donors (Lipinski definition) is 2. The zero-order chi connectivity index (χ0) is 27.3. The van der Waals surface area contributed by atoms with E-state index in [4.69, 9.17) is 14.6 Å². The molecule has 0 aliphatic rings. The number of anilines is 1. The Kier molecular flexibility index (Phi) is 13.3. The molecule has 0 spiro atoms. The third-order valence-corrected chi connectivity index (χ3v) is 5.72. The molecule has 0 atom stereocenters. The summed E-state index contributed by atoms with van der Waals surface area (Å²) in [6.45, 7) is 1.08. The van der Waals surface area contributed by atoms with Crippen molar-refractivity contribution in [2.24, 2.45) is 0 Å². The van der Waals surface area contributed by atoms with Gasteiger partial charge in [-0.1, -0.05) is 24.3 Å². The van der Waals surface area contributed by atoms with E-state index in [1.54, 1.807) is 55.0 Å². The van der Waals surface area contributed by atoms with Crippen molar-refractivity contribution in [3.05, 3.63) is 108 Å². The monoisotopic (exact) mass is 630 g/mol. The maximum Gasteiger partial charge on any atom is 0.300 e. The number of carboxylic acid groups (broad SMARTS) is 1. The summed E-state index contributed by atoms with van der Waals surface area (Å²) in [6, 6.07) is 20.6. The number of carbonyl (C=O) groups is 1. The van der Waals surface area contributed by atoms with Gasteiger partial charge in [0.2, 0.25) is 0 Å². The molecule has 0 amide bonds. The van der Waals surface area contributed by atoms with Crippen LogP contribution < -0.4 is 9.46 Å². The van der Waals surface area contributed by atoms with Gasteiger partial charge in [0.15, 0.2) is 0 Å². The van der Waals surface area contributed by atoms with Crippen LogP contribution in [0.1, 0.15) is 6.92 Å². The molecule has 0 fully saturated rings. The summed E-state index contributed by atoms with van der Waals surface area (Å²) in [5, 5.41) is 18.1. The summed E-state index contributed by atoms with van der Waals surface area (Å²) in [5.41, 5.74) is 1.25. The Morgan fingerprint density at radius 3 is 2.08 bits per heavy atom. The van der Waals surface area contributed by atoms with Gasteiger partial charge in [-0.25, -0.2) is 8.42 Å². The second-order valence-corrected chi connectivity index (χ2v) is 8.71. The smallest absolute Gasteiger partial charge is 0.300 e. The van der Waals surface area contributed by atoms with Crippen LogP contribution in [0.3, 0.4) is 0 Å². The molecule has 2 aromatic carbocycles. The van der Waals surface area contributed by atoms with E-state index >= 15 is 0 Å². The van der Waals surface area contributed by atoms with Crippen LogP contribution in [0.4, 0.5) is 11.4 Å². The van der Waals surface area contributed by atoms with Crippen LogP contribution >= 0.6 is 0 Å². The van der Waals surface area contributed by atoms with E-state index in [-0.39, 0.29) is 31.0 Å². The zero-order valence-corrected chi connectivity index (χ0v) is 22.6. The Hall–Kier alpha value is -4.18. The van der Waals surface area contributed by atoms with Gasteiger partial charge in [-0.15, -0.1) is 0 Å². The van der Waals surface area contributed by atoms with Crippen LogP contribution in [-0.2, 0) is 35.2 Å². The van der Waals surface area contributed by atoms with Crippen LogP contribution in [0, 0.1) is 10.1 Å². The summed E-state index contributed by atoms with van der Waals surface area (Å²) in [5.74, 6) is -0.243. The van der Waals surface area contributed by atoms with Crippen molar-refractivity contribution >= 4 is 27.4 Å². The number of aliphatic carboxylic acids is 1. The summed E-state index contributed by atoms with van der Waals surface area (Å²) in [7, 11) is -2.40. The maximum absolute atomic E-state index is 12.7. The second-order valence-electron chi connectivity index (χ2n) is 7.03. The maximum atomic E-state index is 12.7. The molecule has 4 rings (SSSR count). The summed E-state index contributed by atoms with van der Waals surface area (Å²) < 4.78 is 33.0. The minimum absolute atomic E-state index is 0. The van der Waals surface area contributed by atoms with E-state index in [1.807, 2.05) is 18.2 Å². The third kappa shape index (κ3) is 10.4. The molecule has 11 nitrogen and oxygen atoms in total. The summed E-state index contributed by atoms with van der Waals surface area (Å²) >= 11 is 0. The molecule has 0 aliphatic heterocycles. The van der Waals surface area contributed by atoms with Gasteiger partial charge in [0.1, 0.15) is 5.75 Å². The van der Waals surface area contributed by atoms with Crippen molar-refractivity contribution in [3.63, 3.8) is 0 Å². The predicted octanol–water partition coefficient (Wildman–Crippen LogP) is 4.64. The number of non-ortho nitro benzene ring substituents is 1. The number of rotatable bonds is 6. The molecule has 0 unspecified atom stereocenters. The van der Waals surface area contributed by atoms with Crippen molar-refractivity contribution in [3.8, 4) is 17.0 Å². The summed E-state index contributed by atoms with van der Waals surface area (Å²) in [6.07, 6.45) is 5.07. The SMILES string of the molecule is CC(=O)O.COc1ccnc(-c2ccccc2NS(=O)(=O)c2ccc([N+](=O)[O-])cc2)c1.[Pd].c1ccncc1. The molecule has 2 N–H and O–H groups in total. The number of hydrogen-bond acceptors (Lipinski definition) is 8. The molecule has 2 heterocycles. The average molecular weight is 631 g/mol. The van der Waals surface area contributed by atoms with E-state index in [0.29, 0.717) is 22.7 Å². The van der Waals surface area contributed by atoms with Gasteiger partial charge in [0.05, 0.1) is 28.3 Å². The van der Waals surface area contributed by atoms with Crippen LogP contribution in [0.25, 0.3) is 11.3 Å². The number of benzene rings is 2. The fraction of sp³-hybridized carbons (Fsp3) is 0.0800. The van der Waals surface area contributed by atoms with Gasteiger partial charge < -0.3 is 9.84 Å². The first-order valence-electron chi connectivity index (χ1n) is 10.6. The number of nitro benzene ring substituents is 1. The number of pyridine rings is 2. The van der Waals surface area contributed by atoms with E-state index in [9.17, 15) is 18.5 Å². The Balaban J connectivity index is 0.000000553. The Morgan fingerprint density at radius 1 is 0.974 bits per heavy atom. The predicted molar refractivity (Wildman–Crippen MR) is 138 cm³/mol. The van der Waals surface area contributed by atoms with E-state index in [2.05, 4.69) is 14.7 Å². The molecular formula is C25H24N4O7PdS. The first kappa shape index (κ1) is 31.9. The number of nitro groups is 1. The van der Waals surface area contributed by atoms with Crippen LogP contribution in [0.15, 0.2) is 102 Å². The summed E-state index contributed by atoms with van der Waals surface area (Å²) in [4.78, 5) is 27.1. The van der Waals surface area contributed by atoms with Gasteiger partial charge in [0.25, 0.3) is 21.7 Å². The van der Waals surface area contributed by atoms with Crippen molar-refractivity contribution in [2.45, 2.75) is 11.8 Å². The fourth-order valence-electron chi connectivity index (χ4n) is 2.74. The molecule has 0 radical (unpaired) electrons. The molecule has 0 aliphatic carbocycles. The number of sulfonamides is 1. The van der Waals surface area contributed by atoms with Crippen LogP contribution in [0.2, 0.25) is 0 Å². The van der Waals surface area contributed by atoms with E-state index < -0.39 is 20.9 Å². The Morgan fingerprint density at radius 2 is 1.58 bits per heavy atom. The third-order valence-electron chi connectivity index (χ3n) is 4.34. The number of nitrogens with zero attached hydrogens (tertiary/aromatic N) is 3. The Bertz CT molecular complexity index is 1390. The van der Waals surface area contributed by atoms with E-state index in [1.165, 1.54) is 19.2 Å². The van der Waals surface area contributed by atoms with Gasteiger partial charge in [-0.2, -0.15) is 0 Å². The van der Waals surface area contributed by atoms with Crippen molar-refractivity contribution in [1.29, 1.82) is 0 Å². The number of nitrogens with one attached hydrogen (secondary N) is 1. The molecule has 0 saturated carbocycles. The zero-order valence-electron chi connectivity index (χ0n) is 20.2. The fourth-order valence-corrected chi connectivity index (χ4v) is 3.82.